The molecular formula is C26H27BrClN2+. The number of allylic oxidation sites excluding steroid dienone is 3. The van der Waals surface area contributed by atoms with Crippen LogP contribution in [0.25, 0.3) is 17.0 Å². The van der Waals surface area contributed by atoms with E-state index < -0.39 is 0 Å². The number of hydrogen-bond donors (Lipinski definition) is 0. The number of fused-ring (bicyclic) bond motifs is 2. The number of alkyl halides is 1. The summed E-state index contributed by atoms with van der Waals surface area (Å²) in [7, 11) is 0. The second kappa shape index (κ2) is 8.56. The summed E-state index contributed by atoms with van der Waals surface area (Å²) in [5.74, 6) is 0. The average molecular weight is 483 g/mol. The third-order valence-electron chi connectivity index (χ3n) is 5.98. The first-order valence-electron chi connectivity index (χ1n) is 10.4. The van der Waals surface area contributed by atoms with Crippen LogP contribution in [0.15, 0.2) is 72.6 Å². The second-order valence-corrected chi connectivity index (χ2v) is 9.34. The van der Waals surface area contributed by atoms with Gasteiger partial charge in [-0.05, 0) is 48.4 Å². The van der Waals surface area contributed by atoms with Crippen LogP contribution in [0, 0.1) is 0 Å². The molecule has 4 rings (SSSR count). The summed E-state index contributed by atoms with van der Waals surface area (Å²) in [4.78, 5) is 2.39. The fourth-order valence-corrected chi connectivity index (χ4v) is 5.03. The molecule has 0 atom stereocenters. The predicted octanol–water partition coefficient (Wildman–Crippen LogP) is 6.89. The Kier molecular flexibility index (Phi) is 6.04. The lowest BCUT2D eigenvalue weighted by molar-refractivity contribution is -0.666. The van der Waals surface area contributed by atoms with Gasteiger partial charge in [0.15, 0.2) is 12.7 Å². The highest BCUT2D eigenvalue weighted by Crippen LogP contribution is 2.48. The number of nitrogens with zero attached hydrogens (tertiary/aromatic N) is 2. The largest absolute Gasteiger partial charge is 0.344 e. The van der Waals surface area contributed by atoms with Crippen molar-refractivity contribution >= 4 is 50.2 Å². The number of para-hydroxylation sites is 1. The molecule has 0 saturated carbocycles. The smallest absolute Gasteiger partial charge is 0.213 e. The van der Waals surface area contributed by atoms with Crippen LogP contribution in [0.1, 0.15) is 31.9 Å². The Morgan fingerprint density at radius 1 is 1.13 bits per heavy atom. The summed E-state index contributed by atoms with van der Waals surface area (Å²) in [5.41, 5.74) is 6.24. The SMILES string of the molecule is CCN1/C(=C/C=C/c2cc[n+](CCBr)c3ccccc23)C(C)(C)c2cc(Cl)ccc21. The Morgan fingerprint density at radius 2 is 1.93 bits per heavy atom. The number of benzene rings is 2. The average Bonchev–Trinajstić information content (AvgIpc) is 2.95. The van der Waals surface area contributed by atoms with Gasteiger partial charge >= 0.3 is 0 Å². The van der Waals surface area contributed by atoms with Gasteiger partial charge in [0.2, 0.25) is 5.52 Å². The van der Waals surface area contributed by atoms with Crippen molar-refractivity contribution in [3.05, 3.63) is 88.7 Å². The summed E-state index contributed by atoms with van der Waals surface area (Å²) in [6.07, 6.45) is 8.83. The van der Waals surface area contributed by atoms with Crippen molar-refractivity contribution in [2.75, 3.05) is 16.8 Å². The van der Waals surface area contributed by atoms with E-state index in [4.69, 9.17) is 11.6 Å². The molecule has 154 valence electrons. The Bertz CT molecular complexity index is 1150. The second-order valence-electron chi connectivity index (χ2n) is 8.11. The molecule has 30 heavy (non-hydrogen) atoms. The van der Waals surface area contributed by atoms with E-state index in [1.807, 2.05) is 6.07 Å². The van der Waals surface area contributed by atoms with E-state index in [0.717, 1.165) is 23.4 Å². The van der Waals surface area contributed by atoms with Gasteiger partial charge in [-0.25, -0.2) is 0 Å². The third kappa shape index (κ3) is 3.70. The Labute approximate surface area is 192 Å². The lowest BCUT2D eigenvalue weighted by Crippen LogP contribution is -2.35. The van der Waals surface area contributed by atoms with Crippen molar-refractivity contribution in [3.8, 4) is 0 Å². The van der Waals surface area contributed by atoms with E-state index in [9.17, 15) is 0 Å². The van der Waals surface area contributed by atoms with Crippen LogP contribution in [0.4, 0.5) is 5.69 Å². The van der Waals surface area contributed by atoms with Crippen molar-refractivity contribution in [2.24, 2.45) is 0 Å². The molecule has 1 aliphatic heterocycles. The Balaban J connectivity index is 1.73. The van der Waals surface area contributed by atoms with Gasteiger partial charge < -0.3 is 4.90 Å². The Hall–Kier alpha value is -2.10. The predicted molar refractivity (Wildman–Crippen MR) is 133 cm³/mol. The number of likely N-dealkylation sites (N-methyl/N-ethyl adjacent to an activating group) is 1. The maximum absolute atomic E-state index is 6.31. The molecule has 0 amide bonds. The van der Waals surface area contributed by atoms with Gasteiger partial charge in [0, 0.05) is 40.5 Å². The van der Waals surface area contributed by atoms with E-state index in [1.54, 1.807) is 0 Å². The quantitative estimate of drug-likeness (QED) is 0.284. The zero-order chi connectivity index (χ0) is 21.3. The van der Waals surface area contributed by atoms with Gasteiger partial charge in [0.05, 0.1) is 10.7 Å². The first kappa shape index (κ1) is 21.1. The lowest BCUT2D eigenvalue weighted by atomic mass is 9.83. The van der Waals surface area contributed by atoms with Crippen LogP contribution in [0.3, 0.4) is 0 Å². The number of pyridine rings is 1. The summed E-state index contributed by atoms with van der Waals surface area (Å²) in [5, 5.41) is 3.00. The van der Waals surface area contributed by atoms with Crippen molar-refractivity contribution in [1.29, 1.82) is 0 Å². The van der Waals surface area contributed by atoms with Crippen molar-refractivity contribution in [2.45, 2.75) is 32.7 Å². The number of aromatic nitrogens is 1. The number of aryl methyl sites for hydroxylation is 1. The number of halogens is 2. The molecule has 0 radical (unpaired) electrons. The van der Waals surface area contributed by atoms with Crippen LogP contribution in [0.2, 0.25) is 5.02 Å². The number of hydrogen-bond acceptors (Lipinski definition) is 1. The van der Waals surface area contributed by atoms with Gasteiger partial charge in [-0.15, -0.1) is 0 Å². The summed E-state index contributed by atoms with van der Waals surface area (Å²) < 4.78 is 2.29. The van der Waals surface area contributed by atoms with Crippen molar-refractivity contribution < 1.29 is 4.57 Å². The highest BCUT2D eigenvalue weighted by Gasteiger charge is 2.39. The highest BCUT2D eigenvalue weighted by atomic mass is 79.9. The van der Waals surface area contributed by atoms with Crippen molar-refractivity contribution in [3.63, 3.8) is 0 Å². The lowest BCUT2D eigenvalue weighted by Gasteiger charge is -2.25. The molecule has 1 aromatic heterocycles. The van der Waals surface area contributed by atoms with Crippen LogP contribution in [-0.2, 0) is 12.0 Å². The molecule has 0 N–H and O–H groups in total. The van der Waals surface area contributed by atoms with E-state index >= 15 is 0 Å². The first-order chi connectivity index (χ1) is 14.5. The molecule has 2 aromatic carbocycles. The third-order valence-corrected chi connectivity index (χ3v) is 6.57. The monoisotopic (exact) mass is 481 g/mol. The van der Waals surface area contributed by atoms with Gasteiger partial charge in [-0.3, -0.25) is 0 Å². The van der Waals surface area contributed by atoms with E-state index in [1.165, 1.54) is 33.4 Å². The molecule has 1 aliphatic rings. The standard InChI is InChI=1S/C26H27BrClN2/c1-4-30-24-13-12-20(28)18-22(24)26(2,3)25(30)11-7-8-19-14-16-29(17-15-27)23-10-6-5-9-21(19)23/h5-14,16,18H,4,15,17H2,1-3H3/q+1. The fraction of sp³-hybridized carbons (Fsp3) is 0.269. The van der Waals surface area contributed by atoms with Crippen molar-refractivity contribution in [1.82, 2.24) is 0 Å². The van der Waals surface area contributed by atoms with E-state index in [2.05, 4.69) is 113 Å². The molecule has 0 spiro atoms. The molecule has 2 nitrogen and oxygen atoms in total. The van der Waals surface area contributed by atoms with Gasteiger partial charge in [0.1, 0.15) is 0 Å². The van der Waals surface area contributed by atoms with Crippen LogP contribution in [-0.4, -0.2) is 11.9 Å². The maximum Gasteiger partial charge on any atom is 0.213 e. The molecule has 0 saturated heterocycles. The number of anilines is 1. The summed E-state index contributed by atoms with van der Waals surface area (Å²) >= 11 is 9.86. The van der Waals surface area contributed by atoms with Crippen LogP contribution in [0.5, 0.6) is 0 Å². The van der Waals surface area contributed by atoms with Gasteiger partial charge in [-0.1, -0.05) is 65.7 Å². The van der Waals surface area contributed by atoms with Gasteiger partial charge in [0.25, 0.3) is 0 Å². The molecular weight excluding hydrogens is 456 g/mol. The Morgan fingerprint density at radius 3 is 2.70 bits per heavy atom. The highest BCUT2D eigenvalue weighted by molar-refractivity contribution is 9.09. The minimum absolute atomic E-state index is 0.0851. The van der Waals surface area contributed by atoms with E-state index in [0.29, 0.717) is 0 Å². The normalized spacial score (nSPS) is 16.7. The molecule has 0 fully saturated rings. The zero-order valence-corrected chi connectivity index (χ0v) is 20.0. The minimum Gasteiger partial charge on any atom is -0.344 e. The van der Waals surface area contributed by atoms with Crippen LogP contribution < -0.4 is 9.47 Å². The minimum atomic E-state index is -0.0851. The van der Waals surface area contributed by atoms with Gasteiger partial charge in [-0.2, -0.15) is 4.57 Å². The molecule has 0 bridgehead atoms. The van der Waals surface area contributed by atoms with E-state index in [-0.39, 0.29) is 5.41 Å². The molecule has 0 aliphatic carbocycles. The number of rotatable bonds is 5. The fourth-order valence-electron chi connectivity index (χ4n) is 4.47. The van der Waals surface area contributed by atoms with Crippen LogP contribution >= 0.6 is 27.5 Å². The molecule has 4 heteroatoms. The molecule has 3 aromatic rings. The maximum atomic E-state index is 6.31. The summed E-state index contributed by atoms with van der Waals surface area (Å²) in [6, 6.07) is 17.0. The zero-order valence-electron chi connectivity index (χ0n) is 17.7. The summed E-state index contributed by atoms with van der Waals surface area (Å²) in [6.45, 7) is 8.63. The first-order valence-corrected chi connectivity index (χ1v) is 11.9. The molecule has 2 heterocycles. The topological polar surface area (TPSA) is 7.12 Å². The molecule has 0 unspecified atom stereocenters.